The van der Waals surface area contributed by atoms with Crippen LogP contribution in [0.5, 0.6) is 5.75 Å². The van der Waals surface area contributed by atoms with Gasteiger partial charge in [-0.25, -0.2) is 4.79 Å². The van der Waals surface area contributed by atoms with Gasteiger partial charge in [-0.1, -0.05) is 37.1 Å². The molecule has 0 amide bonds. The van der Waals surface area contributed by atoms with Gasteiger partial charge in [0.25, 0.3) is 0 Å². The molecule has 0 aliphatic carbocycles. The molecular formula is C22H19ClF3NO3. The Morgan fingerprint density at radius 2 is 1.97 bits per heavy atom. The maximum absolute atomic E-state index is 13.5. The van der Waals surface area contributed by atoms with Crippen molar-refractivity contribution in [3.05, 3.63) is 68.5 Å². The SMILES string of the molecule is CCCCc1cc(=O)oc2c3c(c(Cl)cc12)OCN(c1ccccc1C(F)(F)F)C3. The number of aryl methyl sites for hydroxylation is 1. The number of fused-ring (bicyclic) bond motifs is 3. The molecule has 30 heavy (non-hydrogen) atoms. The number of alkyl halides is 3. The van der Waals surface area contributed by atoms with Crippen LogP contribution in [0, 0.1) is 0 Å². The van der Waals surface area contributed by atoms with E-state index in [0.29, 0.717) is 33.7 Å². The van der Waals surface area contributed by atoms with Crippen LogP contribution in [0.15, 0.2) is 45.6 Å². The summed E-state index contributed by atoms with van der Waals surface area (Å²) in [6, 6.07) is 8.45. The highest BCUT2D eigenvalue weighted by Crippen LogP contribution is 2.43. The van der Waals surface area contributed by atoms with Gasteiger partial charge in [-0.05, 0) is 36.6 Å². The molecule has 0 bridgehead atoms. The Kier molecular flexibility index (Phi) is 5.40. The maximum Gasteiger partial charge on any atom is 0.418 e. The lowest BCUT2D eigenvalue weighted by Gasteiger charge is -2.33. The minimum absolute atomic E-state index is 0.00624. The number of nitrogens with zero attached hydrogens (tertiary/aromatic N) is 1. The number of rotatable bonds is 4. The predicted octanol–water partition coefficient (Wildman–Crippen LogP) is 6.16. The molecule has 4 nitrogen and oxygen atoms in total. The standard InChI is InChI=1S/C22H19ClF3NO3/c1-2-3-6-13-9-19(28)30-20-14(13)10-17(23)21-15(20)11-27(12-29-21)18-8-5-4-7-16(18)22(24,25)26/h4-5,7-10H,2-3,6,11-12H2,1H3. The zero-order valence-corrected chi connectivity index (χ0v) is 16.9. The van der Waals surface area contributed by atoms with Crippen LogP contribution in [-0.4, -0.2) is 6.73 Å². The average molecular weight is 438 g/mol. The summed E-state index contributed by atoms with van der Waals surface area (Å²) in [4.78, 5) is 13.6. The summed E-state index contributed by atoms with van der Waals surface area (Å²) in [5.41, 5.74) is 0.312. The van der Waals surface area contributed by atoms with E-state index in [1.807, 2.05) is 6.92 Å². The van der Waals surface area contributed by atoms with Gasteiger partial charge in [0.2, 0.25) is 0 Å². The Morgan fingerprint density at radius 1 is 1.20 bits per heavy atom. The van der Waals surface area contributed by atoms with Gasteiger partial charge >= 0.3 is 11.8 Å². The molecule has 0 atom stereocenters. The Hall–Kier alpha value is -2.67. The fourth-order valence-corrected chi connectivity index (χ4v) is 4.05. The molecule has 0 fully saturated rings. The molecule has 0 N–H and O–H groups in total. The summed E-state index contributed by atoms with van der Waals surface area (Å²) >= 11 is 6.42. The molecule has 8 heteroatoms. The van der Waals surface area contributed by atoms with Crippen molar-refractivity contribution in [2.45, 2.75) is 38.9 Å². The zero-order valence-electron chi connectivity index (χ0n) is 16.2. The molecule has 2 aromatic carbocycles. The highest BCUT2D eigenvalue weighted by atomic mass is 35.5. The number of benzene rings is 2. The first-order valence-electron chi connectivity index (χ1n) is 9.61. The van der Waals surface area contributed by atoms with E-state index in [4.69, 9.17) is 20.8 Å². The maximum atomic E-state index is 13.5. The summed E-state index contributed by atoms with van der Waals surface area (Å²) in [6.45, 7) is 2.01. The van der Waals surface area contributed by atoms with Gasteiger partial charge in [0.15, 0.2) is 6.73 Å². The molecular weight excluding hydrogens is 419 g/mol. The molecule has 1 aromatic heterocycles. The largest absolute Gasteiger partial charge is 0.471 e. The minimum atomic E-state index is -4.51. The van der Waals surface area contributed by atoms with Gasteiger partial charge in [-0.2, -0.15) is 13.2 Å². The van der Waals surface area contributed by atoms with Gasteiger partial charge in [0, 0.05) is 11.5 Å². The summed E-state index contributed by atoms with van der Waals surface area (Å²) in [6.07, 6.45) is -2.00. The van der Waals surface area contributed by atoms with E-state index >= 15 is 0 Å². The molecule has 0 spiro atoms. The van der Waals surface area contributed by atoms with Crippen molar-refractivity contribution in [2.75, 3.05) is 11.6 Å². The highest BCUT2D eigenvalue weighted by Gasteiger charge is 2.36. The molecule has 4 rings (SSSR count). The molecule has 0 unspecified atom stereocenters. The molecule has 0 saturated carbocycles. The molecule has 1 aliphatic rings. The van der Waals surface area contributed by atoms with E-state index in [9.17, 15) is 18.0 Å². The number of ether oxygens (including phenoxy) is 1. The first-order valence-corrected chi connectivity index (χ1v) is 9.99. The van der Waals surface area contributed by atoms with Crippen LogP contribution in [0.3, 0.4) is 0 Å². The van der Waals surface area contributed by atoms with E-state index in [1.54, 1.807) is 12.1 Å². The van der Waals surface area contributed by atoms with Gasteiger partial charge in [0.05, 0.1) is 28.4 Å². The average Bonchev–Trinajstić information content (AvgIpc) is 2.72. The quantitative estimate of drug-likeness (QED) is 0.458. The number of para-hydroxylation sites is 1. The predicted molar refractivity (Wildman–Crippen MR) is 109 cm³/mol. The Balaban J connectivity index is 1.85. The second kappa shape index (κ2) is 7.87. The van der Waals surface area contributed by atoms with Crippen molar-refractivity contribution < 1.29 is 22.3 Å². The third kappa shape index (κ3) is 3.74. The minimum Gasteiger partial charge on any atom is -0.471 e. The molecule has 158 valence electrons. The van der Waals surface area contributed by atoms with Crippen LogP contribution in [0.25, 0.3) is 11.0 Å². The van der Waals surface area contributed by atoms with Crippen molar-refractivity contribution in [3.8, 4) is 5.75 Å². The van der Waals surface area contributed by atoms with E-state index in [0.717, 1.165) is 24.5 Å². The molecule has 1 aliphatic heterocycles. The summed E-state index contributed by atoms with van der Waals surface area (Å²) in [7, 11) is 0. The summed E-state index contributed by atoms with van der Waals surface area (Å²) in [5.74, 6) is 0.334. The van der Waals surface area contributed by atoms with Crippen molar-refractivity contribution in [1.29, 1.82) is 0 Å². The van der Waals surface area contributed by atoms with Crippen LogP contribution in [-0.2, 0) is 19.1 Å². The van der Waals surface area contributed by atoms with E-state index in [-0.39, 0.29) is 19.0 Å². The number of unbranched alkanes of at least 4 members (excludes halogenated alkanes) is 1. The Labute approximate surface area is 175 Å². The van der Waals surface area contributed by atoms with Gasteiger partial charge < -0.3 is 14.1 Å². The van der Waals surface area contributed by atoms with Crippen LogP contribution in [0.1, 0.15) is 36.5 Å². The van der Waals surface area contributed by atoms with Crippen molar-refractivity contribution in [1.82, 2.24) is 0 Å². The Morgan fingerprint density at radius 3 is 2.70 bits per heavy atom. The van der Waals surface area contributed by atoms with Crippen molar-refractivity contribution in [3.63, 3.8) is 0 Å². The lowest BCUT2D eigenvalue weighted by Crippen LogP contribution is -2.33. The van der Waals surface area contributed by atoms with Crippen LogP contribution in [0.4, 0.5) is 18.9 Å². The normalized spacial score (nSPS) is 14.0. The Bertz CT molecular complexity index is 1160. The van der Waals surface area contributed by atoms with E-state index in [2.05, 4.69) is 0 Å². The topological polar surface area (TPSA) is 42.7 Å². The van der Waals surface area contributed by atoms with E-state index < -0.39 is 17.4 Å². The molecule has 0 radical (unpaired) electrons. The van der Waals surface area contributed by atoms with Crippen LogP contribution in [0.2, 0.25) is 5.02 Å². The third-order valence-corrected chi connectivity index (χ3v) is 5.47. The number of anilines is 1. The first kappa shape index (κ1) is 20.6. The van der Waals surface area contributed by atoms with Gasteiger partial charge in [-0.3, -0.25) is 0 Å². The number of hydrogen-bond acceptors (Lipinski definition) is 4. The summed E-state index contributed by atoms with van der Waals surface area (Å²) in [5, 5.41) is 1.02. The fourth-order valence-electron chi connectivity index (χ4n) is 3.77. The molecule has 2 heterocycles. The first-order chi connectivity index (χ1) is 14.3. The van der Waals surface area contributed by atoms with Gasteiger partial charge in [-0.15, -0.1) is 0 Å². The van der Waals surface area contributed by atoms with Gasteiger partial charge in [0.1, 0.15) is 11.3 Å². The lowest BCUT2D eigenvalue weighted by molar-refractivity contribution is -0.137. The zero-order chi connectivity index (χ0) is 21.5. The molecule has 3 aromatic rings. The van der Waals surface area contributed by atoms with Crippen LogP contribution < -0.4 is 15.3 Å². The third-order valence-electron chi connectivity index (χ3n) is 5.18. The number of hydrogen-bond donors (Lipinski definition) is 0. The van der Waals surface area contributed by atoms with Crippen LogP contribution >= 0.6 is 11.6 Å². The second-order valence-corrected chi connectivity index (χ2v) is 7.63. The van der Waals surface area contributed by atoms with Crippen molar-refractivity contribution in [2.24, 2.45) is 0 Å². The molecule has 0 saturated heterocycles. The second-order valence-electron chi connectivity index (χ2n) is 7.22. The fraction of sp³-hybridized carbons (Fsp3) is 0.318. The summed E-state index contributed by atoms with van der Waals surface area (Å²) < 4.78 is 51.7. The highest BCUT2D eigenvalue weighted by molar-refractivity contribution is 6.33. The van der Waals surface area contributed by atoms with Crippen molar-refractivity contribution >= 4 is 28.3 Å². The van der Waals surface area contributed by atoms with E-state index in [1.165, 1.54) is 23.1 Å². The monoisotopic (exact) mass is 437 g/mol. The smallest absolute Gasteiger partial charge is 0.418 e. The number of halogens is 4. The lowest BCUT2D eigenvalue weighted by atomic mass is 10.0.